The molecule has 0 saturated carbocycles. The van der Waals surface area contributed by atoms with Crippen LogP contribution in [0.25, 0.3) is 11.5 Å². The Morgan fingerprint density at radius 1 is 1.39 bits per heavy atom. The van der Waals surface area contributed by atoms with E-state index in [1.165, 1.54) is 0 Å². The molecule has 0 saturated heterocycles. The summed E-state index contributed by atoms with van der Waals surface area (Å²) < 4.78 is 5.14. The highest BCUT2D eigenvalue weighted by Gasteiger charge is 2.13. The molecule has 23 heavy (non-hydrogen) atoms. The molecule has 0 atom stereocenters. The van der Waals surface area contributed by atoms with E-state index in [1.54, 1.807) is 25.3 Å². The average Bonchev–Trinajstić information content (AvgIpc) is 2.55. The number of carbonyl (C=O) groups is 1. The molecule has 0 aromatic carbocycles. The Morgan fingerprint density at radius 2 is 2.22 bits per heavy atom. The van der Waals surface area contributed by atoms with Crippen LogP contribution >= 0.6 is 0 Å². The predicted molar refractivity (Wildman–Crippen MR) is 86.0 cm³/mol. The predicted octanol–water partition coefficient (Wildman–Crippen LogP) is 0.836. The summed E-state index contributed by atoms with van der Waals surface area (Å²) in [5.74, 6) is 0.166. The Balaban J connectivity index is 2.09. The second-order valence-electron chi connectivity index (χ2n) is 4.92. The fraction of sp³-hybridized carbons (Fsp3) is 0.375. The van der Waals surface area contributed by atoms with Crippen LogP contribution < -0.4 is 10.9 Å². The number of rotatable bonds is 7. The lowest BCUT2D eigenvalue weighted by Gasteiger charge is -2.08. The van der Waals surface area contributed by atoms with Gasteiger partial charge in [0.1, 0.15) is 5.69 Å². The zero-order chi connectivity index (χ0) is 16.7. The van der Waals surface area contributed by atoms with E-state index in [-0.39, 0.29) is 17.9 Å². The Bertz CT molecular complexity index is 713. The summed E-state index contributed by atoms with van der Waals surface area (Å²) in [6, 6.07) is 5.37. The number of aromatic nitrogens is 3. The number of carbonyl (C=O) groups excluding carboxylic acids is 1. The lowest BCUT2D eigenvalue weighted by molar-refractivity contribution is -0.120. The van der Waals surface area contributed by atoms with Crippen LogP contribution in [0.15, 0.2) is 29.2 Å². The molecule has 2 heterocycles. The van der Waals surface area contributed by atoms with Crippen molar-refractivity contribution in [2.45, 2.75) is 20.3 Å². The van der Waals surface area contributed by atoms with Gasteiger partial charge in [0.15, 0.2) is 5.82 Å². The smallest absolute Gasteiger partial charge is 0.255 e. The standard InChI is InChI=1S/C16H20N4O3/c1-3-23-9-8-18-14(21)10-12-11(2)19-15(20-16(12)22)13-6-4-5-7-17-13/h4-7H,3,8-10H2,1-2H3,(H,18,21)(H,19,20,22). The average molecular weight is 316 g/mol. The number of pyridine rings is 1. The minimum Gasteiger partial charge on any atom is -0.380 e. The SMILES string of the molecule is CCOCCNC(=O)Cc1c(C)nc(-c2ccccn2)[nH]c1=O. The summed E-state index contributed by atoms with van der Waals surface area (Å²) in [4.78, 5) is 35.3. The van der Waals surface area contributed by atoms with E-state index >= 15 is 0 Å². The number of amides is 1. The zero-order valence-corrected chi connectivity index (χ0v) is 13.3. The number of hydrogen-bond acceptors (Lipinski definition) is 5. The first-order chi connectivity index (χ1) is 11.1. The molecule has 7 nitrogen and oxygen atoms in total. The van der Waals surface area contributed by atoms with Crippen LogP contribution in [0.2, 0.25) is 0 Å². The highest BCUT2D eigenvalue weighted by molar-refractivity contribution is 5.78. The summed E-state index contributed by atoms with van der Waals surface area (Å²) in [7, 11) is 0. The van der Waals surface area contributed by atoms with Gasteiger partial charge < -0.3 is 15.0 Å². The highest BCUT2D eigenvalue weighted by atomic mass is 16.5. The van der Waals surface area contributed by atoms with Gasteiger partial charge in [-0.1, -0.05) is 6.07 Å². The van der Waals surface area contributed by atoms with Gasteiger partial charge in [-0.3, -0.25) is 14.6 Å². The molecule has 122 valence electrons. The number of H-pyrrole nitrogens is 1. The molecule has 0 aliphatic rings. The minimum atomic E-state index is -0.321. The maximum absolute atomic E-state index is 12.2. The first-order valence-electron chi connectivity index (χ1n) is 7.47. The first kappa shape index (κ1) is 16.8. The Kier molecular flexibility index (Phi) is 5.99. The summed E-state index contributed by atoms with van der Waals surface area (Å²) in [5.41, 5.74) is 1.14. The maximum Gasteiger partial charge on any atom is 0.255 e. The lowest BCUT2D eigenvalue weighted by Crippen LogP contribution is -2.31. The van der Waals surface area contributed by atoms with E-state index in [0.717, 1.165) is 0 Å². The molecule has 2 aromatic heterocycles. The van der Waals surface area contributed by atoms with Gasteiger partial charge >= 0.3 is 0 Å². The lowest BCUT2D eigenvalue weighted by atomic mass is 10.1. The van der Waals surface area contributed by atoms with Crippen molar-refractivity contribution in [1.82, 2.24) is 20.3 Å². The van der Waals surface area contributed by atoms with Crippen molar-refractivity contribution in [3.05, 3.63) is 46.0 Å². The molecule has 0 unspecified atom stereocenters. The van der Waals surface area contributed by atoms with E-state index in [2.05, 4.69) is 20.3 Å². The molecule has 1 amide bonds. The van der Waals surface area contributed by atoms with Gasteiger partial charge in [-0.15, -0.1) is 0 Å². The van der Waals surface area contributed by atoms with Crippen LogP contribution in [0.4, 0.5) is 0 Å². The van der Waals surface area contributed by atoms with E-state index in [9.17, 15) is 9.59 Å². The van der Waals surface area contributed by atoms with Crippen molar-refractivity contribution in [2.75, 3.05) is 19.8 Å². The molecule has 2 rings (SSSR count). The molecule has 0 aliphatic heterocycles. The van der Waals surface area contributed by atoms with Crippen LogP contribution in [0.1, 0.15) is 18.2 Å². The largest absolute Gasteiger partial charge is 0.380 e. The fourth-order valence-electron chi connectivity index (χ4n) is 2.07. The Morgan fingerprint density at radius 3 is 2.87 bits per heavy atom. The molecular weight excluding hydrogens is 296 g/mol. The summed E-state index contributed by atoms with van der Waals surface area (Å²) in [6.07, 6.45) is 1.62. The number of nitrogens with zero attached hydrogens (tertiary/aromatic N) is 2. The third-order valence-electron chi connectivity index (χ3n) is 3.24. The second-order valence-corrected chi connectivity index (χ2v) is 4.92. The van der Waals surface area contributed by atoms with Crippen LogP contribution in [0, 0.1) is 6.92 Å². The fourth-order valence-corrected chi connectivity index (χ4v) is 2.07. The highest BCUT2D eigenvalue weighted by Crippen LogP contribution is 2.11. The van der Waals surface area contributed by atoms with Gasteiger partial charge in [0.2, 0.25) is 5.91 Å². The molecule has 0 aliphatic carbocycles. The van der Waals surface area contributed by atoms with Gasteiger partial charge in [-0.2, -0.15) is 0 Å². The molecule has 2 N–H and O–H groups in total. The third-order valence-corrected chi connectivity index (χ3v) is 3.24. The minimum absolute atomic E-state index is 0.0111. The third kappa shape index (κ3) is 4.72. The number of aromatic amines is 1. The first-order valence-corrected chi connectivity index (χ1v) is 7.47. The number of ether oxygens (including phenoxy) is 1. The van der Waals surface area contributed by atoms with Crippen LogP contribution in [0.5, 0.6) is 0 Å². The monoisotopic (exact) mass is 316 g/mol. The summed E-state index contributed by atoms with van der Waals surface area (Å²) >= 11 is 0. The molecule has 2 aromatic rings. The van der Waals surface area contributed by atoms with Crippen LogP contribution in [-0.2, 0) is 16.0 Å². The molecular formula is C16H20N4O3. The number of hydrogen-bond donors (Lipinski definition) is 2. The van der Waals surface area contributed by atoms with Gasteiger partial charge in [0.25, 0.3) is 5.56 Å². The van der Waals surface area contributed by atoms with E-state index < -0.39 is 0 Å². The van der Waals surface area contributed by atoms with Crippen molar-refractivity contribution in [3.8, 4) is 11.5 Å². The van der Waals surface area contributed by atoms with Gasteiger partial charge in [-0.25, -0.2) is 4.98 Å². The van der Waals surface area contributed by atoms with E-state index in [0.29, 0.717) is 42.5 Å². The quantitative estimate of drug-likeness (QED) is 0.738. The van der Waals surface area contributed by atoms with Gasteiger partial charge in [-0.05, 0) is 26.0 Å². The Labute approximate surface area is 134 Å². The van der Waals surface area contributed by atoms with Crippen molar-refractivity contribution < 1.29 is 9.53 Å². The number of aryl methyl sites for hydroxylation is 1. The van der Waals surface area contributed by atoms with Crippen molar-refractivity contribution in [3.63, 3.8) is 0 Å². The number of nitrogens with one attached hydrogen (secondary N) is 2. The van der Waals surface area contributed by atoms with Crippen molar-refractivity contribution in [1.29, 1.82) is 0 Å². The molecule has 0 spiro atoms. The van der Waals surface area contributed by atoms with Crippen molar-refractivity contribution in [2.24, 2.45) is 0 Å². The van der Waals surface area contributed by atoms with E-state index in [4.69, 9.17) is 4.74 Å². The van der Waals surface area contributed by atoms with Crippen LogP contribution in [0.3, 0.4) is 0 Å². The Hall–Kier alpha value is -2.54. The summed E-state index contributed by atoms with van der Waals surface area (Å²) in [5, 5.41) is 2.71. The van der Waals surface area contributed by atoms with Gasteiger partial charge in [0, 0.05) is 30.6 Å². The van der Waals surface area contributed by atoms with Gasteiger partial charge in [0.05, 0.1) is 13.0 Å². The molecule has 7 heteroatoms. The molecule has 0 bridgehead atoms. The molecule has 0 fully saturated rings. The topological polar surface area (TPSA) is 97.0 Å². The zero-order valence-electron chi connectivity index (χ0n) is 13.3. The second kappa shape index (κ2) is 8.19. The van der Waals surface area contributed by atoms with E-state index in [1.807, 2.05) is 13.0 Å². The maximum atomic E-state index is 12.2. The molecule has 0 radical (unpaired) electrons. The normalized spacial score (nSPS) is 10.5. The van der Waals surface area contributed by atoms with Crippen LogP contribution in [-0.4, -0.2) is 40.6 Å². The van der Waals surface area contributed by atoms with Crippen molar-refractivity contribution >= 4 is 5.91 Å². The summed E-state index contributed by atoms with van der Waals surface area (Å²) in [6.45, 7) is 5.08.